The standard InChI is InChI=1S/C46H88NO7P/c1-6-8-10-12-14-16-18-20-21-22-23-24-25-26-27-28-29-31-33-35-37-39-46(48)54-45(44-53-55(49,50)52-42-40-47(3,4)5)43-51-41-38-36-34-32-30-19-17-15-13-11-9-7-2/h18,20,22-23,25-26,45H,6-17,19,21,24,27-44H2,1-5H3/b20-18-,23-22-,26-25-. The van der Waals surface area contributed by atoms with Crippen molar-refractivity contribution in [2.45, 2.75) is 200 Å². The molecule has 0 N–H and O–H groups in total. The summed E-state index contributed by atoms with van der Waals surface area (Å²) in [6.07, 6.45) is 45.8. The lowest BCUT2D eigenvalue weighted by atomic mass is 10.1. The van der Waals surface area contributed by atoms with E-state index in [9.17, 15) is 14.3 Å². The second-order valence-electron chi connectivity index (χ2n) is 16.4. The van der Waals surface area contributed by atoms with Crippen LogP contribution in [0.15, 0.2) is 36.5 Å². The highest BCUT2D eigenvalue weighted by atomic mass is 31.2. The lowest BCUT2D eigenvalue weighted by Gasteiger charge is -2.28. The first-order valence-corrected chi connectivity index (χ1v) is 24.2. The predicted octanol–water partition coefficient (Wildman–Crippen LogP) is 12.8. The Morgan fingerprint density at radius 2 is 1.00 bits per heavy atom. The van der Waals surface area contributed by atoms with Gasteiger partial charge in [-0.1, -0.05) is 172 Å². The van der Waals surface area contributed by atoms with Gasteiger partial charge >= 0.3 is 5.97 Å². The molecule has 0 saturated heterocycles. The predicted molar refractivity (Wildman–Crippen MR) is 231 cm³/mol. The summed E-state index contributed by atoms with van der Waals surface area (Å²) in [7, 11) is 1.35. The molecule has 0 bridgehead atoms. The molecular formula is C46H88NO7P. The minimum Gasteiger partial charge on any atom is -0.756 e. The van der Waals surface area contributed by atoms with Crippen LogP contribution in [0.5, 0.6) is 0 Å². The Bertz CT molecular complexity index is 978. The van der Waals surface area contributed by atoms with E-state index in [4.69, 9.17) is 18.5 Å². The molecular weight excluding hydrogens is 709 g/mol. The number of phosphoric acid groups is 1. The van der Waals surface area contributed by atoms with Crippen LogP contribution in [-0.4, -0.2) is 70.7 Å². The van der Waals surface area contributed by atoms with E-state index in [1.54, 1.807) is 0 Å². The number of carbonyl (C=O) groups is 1. The molecule has 0 heterocycles. The first-order valence-electron chi connectivity index (χ1n) is 22.7. The third kappa shape index (κ3) is 43.7. The highest BCUT2D eigenvalue weighted by molar-refractivity contribution is 7.45. The minimum atomic E-state index is -4.52. The molecule has 0 aliphatic rings. The number of ether oxygens (including phenoxy) is 2. The zero-order chi connectivity index (χ0) is 40.6. The molecule has 0 spiro atoms. The summed E-state index contributed by atoms with van der Waals surface area (Å²) in [6, 6.07) is 0. The van der Waals surface area contributed by atoms with Crippen LogP contribution in [-0.2, 0) is 27.9 Å². The Morgan fingerprint density at radius 1 is 0.564 bits per heavy atom. The van der Waals surface area contributed by atoms with E-state index < -0.39 is 13.9 Å². The summed E-state index contributed by atoms with van der Waals surface area (Å²) in [5.41, 5.74) is 0. The van der Waals surface area contributed by atoms with Crippen LogP contribution < -0.4 is 4.89 Å². The summed E-state index contributed by atoms with van der Waals surface area (Å²) >= 11 is 0. The lowest BCUT2D eigenvalue weighted by molar-refractivity contribution is -0.870. The Kier molecular flexibility index (Phi) is 38.6. The van der Waals surface area contributed by atoms with Gasteiger partial charge in [0.05, 0.1) is 34.4 Å². The lowest BCUT2D eigenvalue weighted by Crippen LogP contribution is -2.37. The Labute approximate surface area is 340 Å². The van der Waals surface area contributed by atoms with Crippen LogP contribution >= 0.6 is 7.82 Å². The van der Waals surface area contributed by atoms with Gasteiger partial charge in [-0.05, 0) is 51.4 Å². The summed E-state index contributed by atoms with van der Waals surface area (Å²) in [5, 5.41) is 0. The van der Waals surface area contributed by atoms with Crippen molar-refractivity contribution in [2.24, 2.45) is 0 Å². The molecule has 0 radical (unpaired) electrons. The molecule has 2 unspecified atom stereocenters. The second kappa shape index (κ2) is 39.5. The molecule has 0 saturated carbocycles. The topological polar surface area (TPSA) is 94.1 Å². The molecule has 0 aliphatic carbocycles. The zero-order valence-corrected chi connectivity index (χ0v) is 37.5. The molecule has 324 valence electrons. The van der Waals surface area contributed by atoms with Gasteiger partial charge in [0.2, 0.25) is 0 Å². The average molecular weight is 798 g/mol. The van der Waals surface area contributed by atoms with Crippen molar-refractivity contribution in [3.63, 3.8) is 0 Å². The van der Waals surface area contributed by atoms with E-state index in [0.717, 1.165) is 57.8 Å². The van der Waals surface area contributed by atoms with E-state index in [-0.39, 0.29) is 25.8 Å². The van der Waals surface area contributed by atoms with Crippen molar-refractivity contribution >= 4 is 13.8 Å². The number of nitrogens with zero attached hydrogens (tertiary/aromatic N) is 1. The van der Waals surface area contributed by atoms with Gasteiger partial charge in [0, 0.05) is 13.0 Å². The quantitative estimate of drug-likeness (QED) is 0.0200. The van der Waals surface area contributed by atoms with E-state index in [1.165, 1.54) is 116 Å². The van der Waals surface area contributed by atoms with Gasteiger partial charge < -0.3 is 27.9 Å². The Balaban J connectivity index is 4.21. The maximum atomic E-state index is 12.7. The highest BCUT2D eigenvalue weighted by Gasteiger charge is 2.20. The van der Waals surface area contributed by atoms with E-state index in [1.807, 2.05) is 21.1 Å². The number of allylic oxidation sites excluding steroid dienone is 6. The summed E-state index contributed by atoms with van der Waals surface area (Å²) < 4.78 is 34.6. The first-order chi connectivity index (χ1) is 26.6. The normalized spacial score (nSPS) is 14.1. The third-order valence-electron chi connectivity index (χ3n) is 9.69. The van der Waals surface area contributed by atoms with Crippen LogP contribution in [0.2, 0.25) is 0 Å². The number of carbonyl (C=O) groups excluding carboxylic acids is 1. The molecule has 55 heavy (non-hydrogen) atoms. The number of rotatable bonds is 42. The fourth-order valence-corrected chi connectivity index (χ4v) is 6.87. The molecule has 0 aromatic carbocycles. The third-order valence-corrected chi connectivity index (χ3v) is 10.7. The molecule has 0 rings (SSSR count). The van der Waals surface area contributed by atoms with Crippen LogP contribution in [0.4, 0.5) is 0 Å². The van der Waals surface area contributed by atoms with Gasteiger partial charge in [0.25, 0.3) is 7.82 Å². The molecule has 2 atom stereocenters. The molecule has 8 nitrogen and oxygen atoms in total. The summed E-state index contributed by atoms with van der Waals surface area (Å²) in [5.74, 6) is -0.345. The van der Waals surface area contributed by atoms with Crippen molar-refractivity contribution in [1.82, 2.24) is 0 Å². The Morgan fingerprint density at radius 3 is 1.49 bits per heavy atom. The van der Waals surface area contributed by atoms with Gasteiger partial charge in [-0.15, -0.1) is 0 Å². The van der Waals surface area contributed by atoms with Crippen molar-refractivity contribution < 1.29 is 37.3 Å². The molecule has 0 fully saturated rings. The fraction of sp³-hybridized carbons (Fsp3) is 0.848. The van der Waals surface area contributed by atoms with E-state index in [0.29, 0.717) is 24.1 Å². The van der Waals surface area contributed by atoms with Crippen molar-refractivity contribution in [2.75, 3.05) is 54.1 Å². The Hall–Kier alpha value is -1.28. The number of hydrogen-bond acceptors (Lipinski definition) is 7. The van der Waals surface area contributed by atoms with Crippen molar-refractivity contribution in [3.05, 3.63) is 36.5 Å². The van der Waals surface area contributed by atoms with E-state index in [2.05, 4.69) is 50.3 Å². The minimum absolute atomic E-state index is 0.0239. The van der Waals surface area contributed by atoms with Gasteiger partial charge in [-0.2, -0.15) is 0 Å². The van der Waals surface area contributed by atoms with Crippen molar-refractivity contribution in [3.8, 4) is 0 Å². The summed E-state index contributed by atoms with van der Waals surface area (Å²) in [4.78, 5) is 25.0. The van der Waals surface area contributed by atoms with Gasteiger partial charge in [0.1, 0.15) is 19.3 Å². The fourth-order valence-electron chi connectivity index (χ4n) is 6.14. The number of phosphoric ester groups is 1. The number of unbranched alkanes of at least 4 members (excludes halogenated alkanes) is 22. The van der Waals surface area contributed by atoms with Crippen LogP contribution in [0, 0.1) is 0 Å². The number of hydrogen-bond donors (Lipinski definition) is 0. The van der Waals surface area contributed by atoms with Gasteiger partial charge in [0.15, 0.2) is 0 Å². The van der Waals surface area contributed by atoms with Crippen LogP contribution in [0.1, 0.15) is 194 Å². The number of likely N-dealkylation sites (N-methyl/N-ethyl adjacent to an activating group) is 1. The molecule has 0 aromatic heterocycles. The first kappa shape index (κ1) is 53.7. The molecule has 0 aliphatic heterocycles. The highest BCUT2D eigenvalue weighted by Crippen LogP contribution is 2.38. The van der Waals surface area contributed by atoms with Gasteiger partial charge in [-0.25, -0.2) is 0 Å². The SMILES string of the molecule is CCCCCCC/C=C\C/C=C\C/C=C\CCCCCCCCC(=O)OC(COCCCCCCCCCCCCCC)COP(=O)([O-])OCC[N+](C)(C)C. The molecule has 9 heteroatoms. The monoisotopic (exact) mass is 798 g/mol. The zero-order valence-electron chi connectivity index (χ0n) is 36.6. The van der Waals surface area contributed by atoms with Crippen molar-refractivity contribution in [1.29, 1.82) is 0 Å². The largest absolute Gasteiger partial charge is 0.756 e. The molecule has 0 aromatic rings. The maximum Gasteiger partial charge on any atom is 0.306 e. The van der Waals surface area contributed by atoms with Crippen LogP contribution in [0.25, 0.3) is 0 Å². The average Bonchev–Trinajstić information content (AvgIpc) is 3.13. The molecule has 0 amide bonds. The maximum absolute atomic E-state index is 12.7. The number of esters is 1. The van der Waals surface area contributed by atoms with E-state index >= 15 is 0 Å². The second-order valence-corrected chi connectivity index (χ2v) is 17.8. The summed E-state index contributed by atoms with van der Waals surface area (Å²) in [6.45, 7) is 5.40. The number of quaternary nitrogens is 1. The van der Waals surface area contributed by atoms with Crippen LogP contribution in [0.3, 0.4) is 0 Å². The van der Waals surface area contributed by atoms with Gasteiger partial charge in [-0.3, -0.25) is 9.36 Å². The smallest absolute Gasteiger partial charge is 0.306 e.